The van der Waals surface area contributed by atoms with Gasteiger partial charge in [-0.05, 0) is 37.6 Å². The predicted octanol–water partition coefficient (Wildman–Crippen LogP) is 2.65. The molecule has 10 heteroatoms. The van der Waals surface area contributed by atoms with Gasteiger partial charge in [-0.25, -0.2) is 8.42 Å². The Kier molecular flexibility index (Phi) is 4.89. The summed E-state index contributed by atoms with van der Waals surface area (Å²) in [6.45, 7) is 2.11. The van der Waals surface area contributed by atoms with E-state index in [-0.39, 0.29) is 24.1 Å². The van der Waals surface area contributed by atoms with Gasteiger partial charge in [-0.1, -0.05) is 0 Å². The molecule has 1 atom stereocenters. The minimum absolute atomic E-state index is 0.109. The zero-order valence-corrected chi connectivity index (χ0v) is 14.6. The minimum atomic E-state index is -4.61. The smallest absolute Gasteiger partial charge is 0.433 e. The van der Waals surface area contributed by atoms with Gasteiger partial charge in [-0.15, -0.1) is 0 Å². The Balaban J connectivity index is 1.72. The lowest BCUT2D eigenvalue weighted by Gasteiger charge is -2.18. The van der Waals surface area contributed by atoms with Gasteiger partial charge in [-0.2, -0.15) is 17.5 Å². The van der Waals surface area contributed by atoms with Crippen LogP contribution in [0.4, 0.5) is 13.2 Å². The number of rotatable bonds is 4. The highest BCUT2D eigenvalue weighted by atomic mass is 32.2. The van der Waals surface area contributed by atoms with E-state index < -0.39 is 21.9 Å². The van der Waals surface area contributed by atoms with Crippen LogP contribution in [0.3, 0.4) is 0 Å². The van der Waals surface area contributed by atoms with Gasteiger partial charge in [0, 0.05) is 18.9 Å². The number of halogens is 3. The molecule has 0 amide bonds. The number of nitrogens with zero attached hydrogens (tertiary/aromatic N) is 3. The Morgan fingerprint density at radius 2 is 2.00 bits per heavy atom. The van der Waals surface area contributed by atoms with Gasteiger partial charge < -0.3 is 4.74 Å². The van der Waals surface area contributed by atoms with Crippen molar-refractivity contribution in [2.24, 2.45) is 0 Å². The minimum Gasteiger partial charge on any atom is -0.487 e. The third-order valence-electron chi connectivity index (χ3n) is 4.02. The van der Waals surface area contributed by atoms with Crippen LogP contribution in [0, 0.1) is 6.92 Å². The van der Waals surface area contributed by atoms with Crippen molar-refractivity contribution < 1.29 is 26.3 Å². The van der Waals surface area contributed by atoms with E-state index >= 15 is 0 Å². The molecule has 1 fully saturated rings. The van der Waals surface area contributed by atoms with Crippen LogP contribution in [0.5, 0.6) is 5.75 Å². The van der Waals surface area contributed by atoms with Crippen molar-refractivity contribution in [3.05, 3.63) is 48.0 Å². The van der Waals surface area contributed by atoms with E-state index in [1.165, 1.54) is 4.31 Å². The molecule has 1 aliphatic rings. The van der Waals surface area contributed by atoms with Crippen molar-refractivity contribution in [3.8, 4) is 5.75 Å². The van der Waals surface area contributed by atoms with Crippen LogP contribution in [-0.2, 0) is 16.2 Å². The van der Waals surface area contributed by atoms with Crippen molar-refractivity contribution >= 4 is 10.0 Å². The Morgan fingerprint density at radius 3 is 2.62 bits per heavy atom. The lowest BCUT2D eigenvalue weighted by Crippen LogP contribution is -2.31. The summed E-state index contributed by atoms with van der Waals surface area (Å²) in [6, 6.07) is 5.06. The fourth-order valence-corrected chi connectivity index (χ4v) is 4.07. The second-order valence-corrected chi connectivity index (χ2v) is 7.79. The SMILES string of the molecule is Cc1ncccc1OC1CCN(S(=O)(=O)c2ccc(C(F)(F)F)nc2)C1. The first kappa shape index (κ1) is 18.6. The summed E-state index contributed by atoms with van der Waals surface area (Å²) in [6.07, 6.45) is -2.13. The van der Waals surface area contributed by atoms with Gasteiger partial charge >= 0.3 is 6.18 Å². The lowest BCUT2D eigenvalue weighted by molar-refractivity contribution is -0.141. The average Bonchev–Trinajstić information content (AvgIpc) is 3.06. The molecule has 1 unspecified atom stereocenters. The Bertz CT molecular complexity index is 886. The van der Waals surface area contributed by atoms with Crippen molar-refractivity contribution in [1.29, 1.82) is 0 Å². The maximum atomic E-state index is 12.6. The number of sulfonamides is 1. The fraction of sp³-hybridized carbons (Fsp3) is 0.375. The van der Waals surface area contributed by atoms with Gasteiger partial charge in [0.05, 0.1) is 12.2 Å². The highest BCUT2D eigenvalue weighted by molar-refractivity contribution is 7.89. The third-order valence-corrected chi connectivity index (χ3v) is 5.87. The van der Waals surface area contributed by atoms with Crippen molar-refractivity contribution in [2.75, 3.05) is 13.1 Å². The van der Waals surface area contributed by atoms with Crippen LogP contribution >= 0.6 is 0 Å². The quantitative estimate of drug-likeness (QED) is 0.807. The van der Waals surface area contributed by atoms with E-state index in [4.69, 9.17) is 4.74 Å². The molecule has 2 aromatic rings. The Hall–Kier alpha value is -2.20. The van der Waals surface area contributed by atoms with E-state index in [1.807, 2.05) is 0 Å². The molecule has 26 heavy (non-hydrogen) atoms. The molecule has 3 rings (SSSR count). The molecule has 0 aromatic carbocycles. The predicted molar refractivity (Wildman–Crippen MR) is 86.0 cm³/mol. The van der Waals surface area contributed by atoms with Crippen LogP contribution in [-0.4, -0.2) is 41.9 Å². The maximum Gasteiger partial charge on any atom is 0.433 e. The second kappa shape index (κ2) is 6.84. The molecular weight excluding hydrogens is 371 g/mol. The first-order chi connectivity index (χ1) is 12.2. The molecule has 3 heterocycles. The number of hydrogen-bond donors (Lipinski definition) is 0. The Morgan fingerprint density at radius 1 is 1.23 bits per heavy atom. The summed E-state index contributed by atoms with van der Waals surface area (Å²) in [7, 11) is -3.93. The van der Waals surface area contributed by atoms with Gasteiger partial charge in [0.1, 0.15) is 22.4 Å². The summed E-state index contributed by atoms with van der Waals surface area (Å²) in [4.78, 5) is 7.05. The van der Waals surface area contributed by atoms with Crippen molar-refractivity contribution in [2.45, 2.75) is 30.5 Å². The number of aryl methyl sites for hydroxylation is 1. The number of pyridine rings is 2. The molecule has 0 N–H and O–H groups in total. The van der Waals surface area contributed by atoms with Gasteiger partial charge in [0.25, 0.3) is 0 Å². The summed E-state index contributed by atoms with van der Waals surface area (Å²) in [5, 5.41) is 0. The fourth-order valence-electron chi connectivity index (χ4n) is 2.64. The van der Waals surface area contributed by atoms with E-state index in [0.717, 1.165) is 12.3 Å². The standard InChI is InChI=1S/C16H16F3N3O3S/c1-11-14(3-2-7-20-11)25-12-6-8-22(10-12)26(23,24)13-4-5-15(21-9-13)16(17,18)19/h2-5,7,9,12H,6,8,10H2,1H3. The van der Waals surface area contributed by atoms with Gasteiger partial charge in [0.15, 0.2) is 0 Å². The summed E-state index contributed by atoms with van der Waals surface area (Å²) in [5.41, 5.74) is -0.438. The number of alkyl halides is 3. The van der Waals surface area contributed by atoms with Crippen LogP contribution in [0.15, 0.2) is 41.6 Å². The molecule has 2 aromatic heterocycles. The molecular formula is C16H16F3N3O3S. The topological polar surface area (TPSA) is 72.4 Å². The first-order valence-corrected chi connectivity index (χ1v) is 9.23. The highest BCUT2D eigenvalue weighted by Crippen LogP contribution is 2.29. The molecule has 140 valence electrons. The van der Waals surface area contributed by atoms with E-state index in [1.54, 1.807) is 25.3 Å². The highest BCUT2D eigenvalue weighted by Gasteiger charge is 2.36. The molecule has 0 spiro atoms. The molecule has 0 aliphatic carbocycles. The molecule has 0 saturated carbocycles. The first-order valence-electron chi connectivity index (χ1n) is 7.79. The third kappa shape index (κ3) is 3.80. The number of ether oxygens (including phenoxy) is 1. The van der Waals surface area contributed by atoms with Gasteiger partial charge in [-0.3, -0.25) is 9.97 Å². The normalized spacial score (nSPS) is 18.8. The Labute approximate surface area is 148 Å². The average molecular weight is 387 g/mol. The maximum absolute atomic E-state index is 12.6. The second-order valence-electron chi connectivity index (χ2n) is 5.86. The van der Waals surface area contributed by atoms with Crippen molar-refractivity contribution in [3.63, 3.8) is 0 Å². The summed E-state index contributed by atoms with van der Waals surface area (Å²) < 4.78 is 69.9. The summed E-state index contributed by atoms with van der Waals surface area (Å²) >= 11 is 0. The van der Waals surface area contributed by atoms with E-state index in [9.17, 15) is 21.6 Å². The molecule has 0 radical (unpaired) electrons. The zero-order chi connectivity index (χ0) is 18.9. The van der Waals surface area contributed by atoms with Crippen LogP contribution in [0.2, 0.25) is 0 Å². The van der Waals surface area contributed by atoms with Crippen LogP contribution in [0.1, 0.15) is 17.8 Å². The number of hydrogen-bond acceptors (Lipinski definition) is 5. The lowest BCUT2D eigenvalue weighted by atomic mass is 10.3. The largest absolute Gasteiger partial charge is 0.487 e. The van der Waals surface area contributed by atoms with Crippen LogP contribution in [0.25, 0.3) is 0 Å². The number of aromatic nitrogens is 2. The molecule has 1 saturated heterocycles. The van der Waals surface area contributed by atoms with Crippen LogP contribution < -0.4 is 4.74 Å². The molecule has 1 aliphatic heterocycles. The van der Waals surface area contributed by atoms with E-state index in [0.29, 0.717) is 23.9 Å². The molecule has 0 bridgehead atoms. The monoisotopic (exact) mass is 387 g/mol. The van der Waals surface area contributed by atoms with E-state index in [2.05, 4.69) is 9.97 Å². The zero-order valence-electron chi connectivity index (χ0n) is 13.8. The van der Waals surface area contributed by atoms with Crippen molar-refractivity contribution in [1.82, 2.24) is 14.3 Å². The molecule has 6 nitrogen and oxygen atoms in total. The summed E-state index contributed by atoms with van der Waals surface area (Å²) in [5.74, 6) is 0.577. The van der Waals surface area contributed by atoms with Gasteiger partial charge in [0.2, 0.25) is 10.0 Å².